The predicted octanol–water partition coefficient (Wildman–Crippen LogP) is 2.87. The van der Waals surface area contributed by atoms with Gasteiger partial charge in [0.25, 0.3) is 0 Å². The molecule has 1 fully saturated rings. The summed E-state index contributed by atoms with van der Waals surface area (Å²) < 4.78 is 16.6. The lowest BCUT2D eigenvalue weighted by Gasteiger charge is -2.37. The van der Waals surface area contributed by atoms with Crippen LogP contribution in [0.2, 0.25) is 0 Å². The second kappa shape index (κ2) is 9.76. The fraction of sp³-hybridized carbons (Fsp3) is 0.409. The molecule has 1 N–H and O–H groups in total. The van der Waals surface area contributed by atoms with Crippen LogP contribution in [0.1, 0.15) is 30.0 Å². The molecule has 1 aliphatic heterocycles. The van der Waals surface area contributed by atoms with E-state index >= 15 is 0 Å². The maximum absolute atomic E-state index is 14.9. The third kappa shape index (κ3) is 4.89. The van der Waals surface area contributed by atoms with Crippen LogP contribution in [0.15, 0.2) is 48.1 Å². The van der Waals surface area contributed by atoms with Crippen molar-refractivity contribution in [1.29, 1.82) is 0 Å². The molecule has 0 bridgehead atoms. The van der Waals surface area contributed by atoms with Crippen molar-refractivity contribution in [2.24, 2.45) is 7.05 Å². The molecule has 9 heteroatoms. The number of para-hydroxylation sites is 1. The SMILES string of the molecule is CCSc1ncc(CN2CCN(c3c(F)cccc3C(O)c3nccn3C)CC2)cn1. The summed E-state index contributed by atoms with van der Waals surface area (Å²) in [6.07, 6.45) is 6.19. The summed E-state index contributed by atoms with van der Waals surface area (Å²) in [4.78, 5) is 17.4. The number of benzene rings is 1. The van der Waals surface area contributed by atoms with E-state index in [2.05, 4.69) is 26.8 Å². The van der Waals surface area contributed by atoms with Gasteiger partial charge < -0.3 is 14.6 Å². The van der Waals surface area contributed by atoms with Crippen molar-refractivity contribution in [3.8, 4) is 0 Å². The number of imidazole rings is 1. The Morgan fingerprint density at radius 1 is 1.13 bits per heavy atom. The molecule has 164 valence electrons. The van der Waals surface area contributed by atoms with Gasteiger partial charge in [-0.2, -0.15) is 0 Å². The third-order valence-corrected chi connectivity index (χ3v) is 6.22. The average molecular weight is 443 g/mol. The smallest absolute Gasteiger partial charge is 0.187 e. The minimum absolute atomic E-state index is 0.323. The minimum atomic E-state index is -0.986. The predicted molar refractivity (Wildman–Crippen MR) is 120 cm³/mol. The lowest BCUT2D eigenvalue weighted by atomic mass is 10.0. The van der Waals surface area contributed by atoms with Crippen LogP contribution in [0.4, 0.5) is 10.1 Å². The Balaban J connectivity index is 1.44. The first-order valence-corrected chi connectivity index (χ1v) is 11.4. The molecule has 3 heterocycles. The van der Waals surface area contributed by atoms with Gasteiger partial charge in [-0.05, 0) is 11.8 Å². The van der Waals surface area contributed by atoms with Crippen molar-refractivity contribution < 1.29 is 9.50 Å². The normalized spacial score (nSPS) is 15.9. The van der Waals surface area contributed by atoms with Gasteiger partial charge in [0.1, 0.15) is 17.7 Å². The van der Waals surface area contributed by atoms with Gasteiger partial charge >= 0.3 is 0 Å². The number of aliphatic hydroxyl groups excluding tert-OH is 1. The van der Waals surface area contributed by atoms with Crippen LogP contribution in [-0.4, -0.2) is 61.5 Å². The van der Waals surface area contributed by atoms with Gasteiger partial charge in [-0.15, -0.1) is 0 Å². The number of hydrogen-bond acceptors (Lipinski definition) is 7. The topological polar surface area (TPSA) is 70.3 Å². The molecule has 2 aromatic heterocycles. The van der Waals surface area contributed by atoms with E-state index in [1.807, 2.05) is 24.3 Å². The molecule has 0 radical (unpaired) electrons. The molecule has 7 nitrogen and oxygen atoms in total. The van der Waals surface area contributed by atoms with Gasteiger partial charge in [0.2, 0.25) is 0 Å². The highest BCUT2D eigenvalue weighted by atomic mass is 32.2. The van der Waals surface area contributed by atoms with E-state index in [0.29, 0.717) is 30.2 Å². The first-order chi connectivity index (χ1) is 15.1. The Morgan fingerprint density at radius 3 is 2.52 bits per heavy atom. The van der Waals surface area contributed by atoms with E-state index in [0.717, 1.165) is 36.1 Å². The van der Waals surface area contributed by atoms with Crippen molar-refractivity contribution in [2.75, 3.05) is 36.8 Å². The summed E-state index contributed by atoms with van der Waals surface area (Å²) in [5, 5.41) is 11.7. The summed E-state index contributed by atoms with van der Waals surface area (Å²) in [5.74, 6) is 1.13. The number of hydrogen-bond donors (Lipinski definition) is 1. The Kier molecular flexibility index (Phi) is 6.84. The average Bonchev–Trinajstić information content (AvgIpc) is 3.21. The van der Waals surface area contributed by atoms with Crippen molar-refractivity contribution >= 4 is 17.4 Å². The highest BCUT2D eigenvalue weighted by molar-refractivity contribution is 7.99. The summed E-state index contributed by atoms with van der Waals surface area (Å²) >= 11 is 1.63. The van der Waals surface area contributed by atoms with Crippen molar-refractivity contribution in [1.82, 2.24) is 24.4 Å². The zero-order chi connectivity index (χ0) is 21.8. The first kappa shape index (κ1) is 21.7. The van der Waals surface area contributed by atoms with E-state index in [9.17, 15) is 9.50 Å². The van der Waals surface area contributed by atoms with Crippen molar-refractivity contribution in [3.63, 3.8) is 0 Å². The number of aromatic nitrogens is 4. The second-order valence-electron chi connectivity index (χ2n) is 7.55. The number of aryl methyl sites for hydroxylation is 1. The first-order valence-electron chi connectivity index (χ1n) is 10.4. The van der Waals surface area contributed by atoms with E-state index in [-0.39, 0.29) is 5.82 Å². The Labute approximate surface area is 186 Å². The Hall–Kier alpha value is -2.49. The number of rotatable bonds is 7. The molecule has 0 aliphatic carbocycles. The van der Waals surface area contributed by atoms with Crippen molar-refractivity contribution in [3.05, 3.63) is 65.8 Å². The number of nitrogens with zero attached hydrogens (tertiary/aromatic N) is 6. The fourth-order valence-electron chi connectivity index (χ4n) is 3.88. The highest BCUT2D eigenvalue weighted by Crippen LogP contribution is 2.33. The molecule has 1 unspecified atom stereocenters. The molecular formula is C22H27FN6OS. The second-order valence-corrected chi connectivity index (χ2v) is 8.78. The van der Waals surface area contributed by atoms with Gasteiger partial charge in [0.05, 0.1) is 5.69 Å². The van der Waals surface area contributed by atoms with E-state index in [1.165, 1.54) is 6.07 Å². The van der Waals surface area contributed by atoms with Gasteiger partial charge in [-0.3, -0.25) is 4.90 Å². The van der Waals surface area contributed by atoms with Crippen LogP contribution in [0.25, 0.3) is 0 Å². The third-order valence-electron chi connectivity index (χ3n) is 5.47. The molecule has 1 aromatic carbocycles. The van der Waals surface area contributed by atoms with E-state index in [1.54, 1.807) is 40.9 Å². The minimum Gasteiger partial charge on any atom is -0.380 e. The summed E-state index contributed by atoms with van der Waals surface area (Å²) in [5.41, 5.74) is 2.08. The van der Waals surface area contributed by atoms with Crippen molar-refractivity contribution in [2.45, 2.75) is 24.7 Å². The van der Waals surface area contributed by atoms with Gasteiger partial charge in [-0.1, -0.05) is 30.8 Å². The molecular weight excluding hydrogens is 415 g/mol. The van der Waals surface area contributed by atoms with Gasteiger partial charge in [0, 0.05) is 75.7 Å². The van der Waals surface area contributed by atoms with Crippen LogP contribution in [0.5, 0.6) is 0 Å². The molecule has 1 saturated heterocycles. The number of piperazine rings is 1. The molecule has 31 heavy (non-hydrogen) atoms. The number of aliphatic hydroxyl groups is 1. The quantitative estimate of drug-likeness (QED) is 0.446. The van der Waals surface area contributed by atoms with Crippen LogP contribution in [0.3, 0.4) is 0 Å². The molecule has 3 aromatic rings. The molecule has 0 spiro atoms. The number of halogens is 1. The maximum Gasteiger partial charge on any atom is 0.187 e. The lowest BCUT2D eigenvalue weighted by molar-refractivity contribution is 0.205. The Morgan fingerprint density at radius 2 is 1.87 bits per heavy atom. The molecule has 0 saturated carbocycles. The molecule has 0 amide bonds. The van der Waals surface area contributed by atoms with Crippen LogP contribution in [0, 0.1) is 5.82 Å². The highest BCUT2D eigenvalue weighted by Gasteiger charge is 2.26. The molecule has 4 rings (SSSR count). The number of thioether (sulfide) groups is 1. The largest absolute Gasteiger partial charge is 0.380 e. The standard InChI is InChI=1S/C22H27FN6OS/c1-3-31-22-25-13-16(14-26-22)15-28-9-11-29(12-10-28)19-17(5-4-6-18(19)23)20(30)21-24-7-8-27(21)2/h4-8,13-14,20,30H,3,9-12,15H2,1-2H3. The van der Waals surface area contributed by atoms with Crippen LogP contribution in [-0.2, 0) is 13.6 Å². The fourth-order valence-corrected chi connectivity index (χ4v) is 4.39. The summed E-state index contributed by atoms with van der Waals surface area (Å²) in [6.45, 7) is 5.77. The van der Waals surface area contributed by atoms with Crippen LogP contribution >= 0.6 is 11.8 Å². The summed E-state index contributed by atoms with van der Waals surface area (Å²) in [6, 6.07) is 4.86. The van der Waals surface area contributed by atoms with Crippen LogP contribution < -0.4 is 4.90 Å². The lowest BCUT2D eigenvalue weighted by Crippen LogP contribution is -2.46. The Bertz CT molecular complexity index is 1000. The van der Waals surface area contributed by atoms with E-state index in [4.69, 9.17) is 0 Å². The summed E-state index contributed by atoms with van der Waals surface area (Å²) in [7, 11) is 1.82. The monoisotopic (exact) mass is 442 g/mol. The molecule has 1 aliphatic rings. The zero-order valence-electron chi connectivity index (χ0n) is 17.8. The maximum atomic E-state index is 14.9. The van der Waals surface area contributed by atoms with E-state index < -0.39 is 6.10 Å². The zero-order valence-corrected chi connectivity index (χ0v) is 18.6. The van der Waals surface area contributed by atoms with Gasteiger partial charge in [-0.25, -0.2) is 19.3 Å². The number of anilines is 1. The van der Waals surface area contributed by atoms with Gasteiger partial charge in [0.15, 0.2) is 5.16 Å². The molecule has 1 atom stereocenters.